The first-order chi connectivity index (χ1) is 14.8. The van der Waals surface area contributed by atoms with Gasteiger partial charge in [0.05, 0.1) is 19.0 Å². The van der Waals surface area contributed by atoms with Gasteiger partial charge in [0.25, 0.3) is 0 Å². The van der Waals surface area contributed by atoms with E-state index in [2.05, 4.69) is 15.3 Å². The number of carbonyl (C=O) groups excluding carboxylic acids is 2. The molecule has 9 heteroatoms. The molecule has 170 valence electrons. The maximum Gasteiger partial charge on any atom is 0.242 e. The van der Waals surface area contributed by atoms with Gasteiger partial charge in [-0.1, -0.05) is 6.92 Å². The van der Waals surface area contributed by atoms with Gasteiger partial charge >= 0.3 is 0 Å². The van der Waals surface area contributed by atoms with E-state index in [-0.39, 0.29) is 11.8 Å². The van der Waals surface area contributed by atoms with E-state index < -0.39 is 0 Å². The van der Waals surface area contributed by atoms with Crippen LogP contribution in [-0.4, -0.2) is 82.8 Å². The zero-order valence-corrected chi connectivity index (χ0v) is 19.3. The van der Waals surface area contributed by atoms with E-state index in [4.69, 9.17) is 9.72 Å². The number of carbonyl (C=O) groups is 2. The highest BCUT2D eigenvalue weighted by molar-refractivity contribution is 5.86. The Morgan fingerprint density at radius 1 is 1.16 bits per heavy atom. The molecule has 1 N–H and O–H groups in total. The third-order valence-corrected chi connectivity index (χ3v) is 5.97. The molecule has 2 aromatic rings. The quantitative estimate of drug-likeness (QED) is 0.677. The predicted molar refractivity (Wildman–Crippen MR) is 119 cm³/mol. The van der Waals surface area contributed by atoms with E-state index in [0.29, 0.717) is 44.9 Å². The minimum atomic E-state index is 0.0568. The number of fused-ring (bicyclic) bond motifs is 1. The standard InChI is InChI=1S/C22H34N6O3/c1-6-9-23-18(29)14-27-10-12-28(13-11-27)19(30)8-7-17-15(2)20-21(24-16(17)3)26(4)25-22(20)31-5/h6-14H2,1-5H3,(H,23,29). The summed E-state index contributed by atoms with van der Waals surface area (Å²) in [5, 5.41) is 8.20. The number of amides is 2. The molecule has 0 saturated carbocycles. The molecule has 0 bridgehead atoms. The van der Waals surface area contributed by atoms with Crippen LogP contribution in [0.4, 0.5) is 0 Å². The largest absolute Gasteiger partial charge is 0.479 e. The summed E-state index contributed by atoms with van der Waals surface area (Å²) in [6, 6.07) is 0. The van der Waals surface area contributed by atoms with Crippen molar-refractivity contribution in [3.63, 3.8) is 0 Å². The predicted octanol–water partition coefficient (Wildman–Crippen LogP) is 1.20. The van der Waals surface area contributed by atoms with E-state index in [0.717, 1.165) is 47.4 Å². The lowest BCUT2D eigenvalue weighted by Gasteiger charge is -2.34. The van der Waals surface area contributed by atoms with Crippen molar-refractivity contribution in [2.75, 3.05) is 46.4 Å². The Kier molecular flexibility index (Phi) is 7.48. The maximum absolute atomic E-state index is 12.8. The topological polar surface area (TPSA) is 92.6 Å². The number of pyridine rings is 1. The summed E-state index contributed by atoms with van der Waals surface area (Å²) in [6.07, 6.45) is 2.01. The minimum Gasteiger partial charge on any atom is -0.479 e. The molecule has 1 aliphatic rings. The molecule has 31 heavy (non-hydrogen) atoms. The molecule has 0 spiro atoms. The summed E-state index contributed by atoms with van der Waals surface area (Å²) in [7, 11) is 3.46. The molecule has 1 saturated heterocycles. The second-order valence-electron chi connectivity index (χ2n) is 8.14. The molecular weight excluding hydrogens is 396 g/mol. The van der Waals surface area contributed by atoms with E-state index in [1.54, 1.807) is 11.8 Å². The van der Waals surface area contributed by atoms with Crippen molar-refractivity contribution in [3.8, 4) is 5.88 Å². The Labute approximate surface area is 183 Å². The summed E-state index contributed by atoms with van der Waals surface area (Å²) < 4.78 is 7.15. The number of rotatable bonds is 8. The molecule has 3 heterocycles. The molecule has 3 rings (SSSR count). The second-order valence-corrected chi connectivity index (χ2v) is 8.14. The highest BCUT2D eigenvalue weighted by Crippen LogP contribution is 2.30. The van der Waals surface area contributed by atoms with Crippen molar-refractivity contribution in [1.29, 1.82) is 0 Å². The van der Waals surface area contributed by atoms with Crippen LogP contribution in [0, 0.1) is 13.8 Å². The number of ether oxygens (including phenoxy) is 1. The summed E-state index contributed by atoms with van der Waals surface area (Å²) >= 11 is 0. The molecule has 9 nitrogen and oxygen atoms in total. The van der Waals surface area contributed by atoms with Crippen LogP contribution in [0.15, 0.2) is 0 Å². The SMILES string of the molecule is CCCNC(=O)CN1CCN(C(=O)CCc2c(C)nc3c(c(OC)nn3C)c2C)CC1. The smallest absolute Gasteiger partial charge is 0.242 e. The van der Waals surface area contributed by atoms with E-state index >= 15 is 0 Å². The van der Waals surface area contributed by atoms with Crippen LogP contribution in [-0.2, 0) is 23.1 Å². The summed E-state index contributed by atoms with van der Waals surface area (Å²) in [5.74, 6) is 0.766. The van der Waals surface area contributed by atoms with Crippen LogP contribution >= 0.6 is 0 Å². The zero-order chi connectivity index (χ0) is 22.5. The van der Waals surface area contributed by atoms with Gasteiger partial charge in [-0.05, 0) is 37.8 Å². The third kappa shape index (κ3) is 5.15. The van der Waals surface area contributed by atoms with Gasteiger partial charge in [-0.2, -0.15) is 0 Å². The number of aromatic nitrogens is 3. The average molecular weight is 431 g/mol. The van der Waals surface area contributed by atoms with Crippen LogP contribution in [0.3, 0.4) is 0 Å². The number of aryl methyl sites for hydroxylation is 3. The maximum atomic E-state index is 12.8. The van der Waals surface area contributed by atoms with Crippen LogP contribution < -0.4 is 10.1 Å². The van der Waals surface area contributed by atoms with Crippen molar-refractivity contribution >= 4 is 22.8 Å². The van der Waals surface area contributed by atoms with Gasteiger partial charge < -0.3 is 15.0 Å². The third-order valence-electron chi connectivity index (χ3n) is 5.97. The first-order valence-electron chi connectivity index (χ1n) is 11.0. The molecule has 0 atom stereocenters. The van der Waals surface area contributed by atoms with Crippen LogP contribution in [0.1, 0.15) is 36.6 Å². The van der Waals surface area contributed by atoms with Gasteiger partial charge in [0.1, 0.15) is 0 Å². The van der Waals surface area contributed by atoms with Crippen molar-refractivity contribution in [2.24, 2.45) is 7.05 Å². The van der Waals surface area contributed by atoms with Gasteiger partial charge in [0.2, 0.25) is 17.7 Å². The van der Waals surface area contributed by atoms with E-state index in [9.17, 15) is 9.59 Å². The number of nitrogens with zero attached hydrogens (tertiary/aromatic N) is 5. The van der Waals surface area contributed by atoms with Gasteiger partial charge in [0, 0.05) is 51.9 Å². The Morgan fingerprint density at radius 2 is 1.87 bits per heavy atom. The van der Waals surface area contributed by atoms with Crippen molar-refractivity contribution in [1.82, 2.24) is 29.9 Å². The molecule has 0 aliphatic carbocycles. The Morgan fingerprint density at radius 3 is 2.52 bits per heavy atom. The Hall–Kier alpha value is -2.68. The van der Waals surface area contributed by atoms with Crippen molar-refractivity contribution < 1.29 is 14.3 Å². The van der Waals surface area contributed by atoms with E-state index in [1.165, 1.54) is 0 Å². The normalized spacial score (nSPS) is 14.8. The number of methoxy groups -OCH3 is 1. The van der Waals surface area contributed by atoms with Gasteiger partial charge in [-0.15, -0.1) is 5.10 Å². The summed E-state index contributed by atoms with van der Waals surface area (Å²) in [5.41, 5.74) is 3.87. The molecular formula is C22H34N6O3. The lowest BCUT2D eigenvalue weighted by Crippen LogP contribution is -2.51. The van der Waals surface area contributed by atoms with Crippen molar-refractivity contribution in [2.45, 2.75) is 40.0 Å². The average Bonchev–Trinajstić information content (AvgIpc) is 3.08. The molecule has 2 aromatic heterocycles. The first-order valence-corrected chi connectivity index (χ1v) is 11.0. The summed E-state index contributed by atoms with van der Waals surface area (Å²) in [6.45, 7) is 9.94. The molecule has 0 aromatic carbocycles. The lowest BCUT2D eigenvalue weighted by atomic mass is 10.00. The second kappa shape index (κ2) is 10.1. The monoisotopic (exact) mass is 430 g/mol. The van der Waals surface area contributed by atoms with Crippen LogP contribution in [0.2, 0.25) is 0 Å². The van der Waals surface area contributed by atoms with Crippen LogP contribution in [0.5, 0.6) is 5.88 Å². The molecule has 2 amide bonds. The number of nitrogens with one attached hydrogen (secondary N) is 1. The molecule has 0 unspecified atom stereocenters. The van der Waals surface area contributed by atoms with Gasteiger partial charge in [0.15, 0.2) is 5.65 Å². The fraction of sp³-hybridized carbons (Fsp3) is 0.636. The molecule has 1 fully saturated rings. The van der Waals surface area contributed by atoms with Gasteiger partial charge in [-0.3, -0.25) is 14.5 Å². The number of hydrogen-bond acceptors (Lipinski definition) is 6. The Balaban J connectivity index is 1.58. The number of piperazine rings is 1. The van der Waals surface area contributed by atoms with Crippen molar-refractivity contribution in [3.05, 3.63) is 16.8 Å². The first kappa shape index (κ1) is 23.0. The fourth-order valence-electron chi connectivity index (χ4n) is 4.18. The number of hydrogen-bond donors (Lipinski definition) is 1. The highest BCUT2D eigenvalue weighted by atomic mass is 16.5. The summed E-state index contributed by atoms with van der Waals surface area (Å²) in [4.78, 5) is 33.4. The minimum absolute atomic E-state index is 0.0568. The molecule has 0 radical (unpaired) electrons. The van der Waals surface area contributed by atoms with Crippen LogP contribution in [0.25, 0.3) is 11.0 Å². The zero-order valence-electron chi connectivity index (χ0n) is 19.3. The fourth-order valence-corrected chi connectivity index (χ4v) is 4.18. The van der Waals surface area contributed by atoms with Gasteiger partial charge in [-0.25, -0.2) is 9.67 Å². The highest BCUT2D eigenvalue weighted by Gasteiger charge is 2.23. The Bertz CT molecular complexity index is 947. The lowest BCUT2D eigenvalue weighted by molar-refractivity contribution is -0.133. The molecule has 1 aliphatic heterocycles. The van der Waals surface area contributed by atoms with E-state index in [1.807, 2.05) is 32.7 Å².